The van der Waals surface area contributed by atoms with Gasteiger partial charge in [0.2, 0.25) is 5.91 Å². The zero-order valence-corrected chi connectivity index (χ0v) is 14.3. The first-order chi connectivity index (χ1) is 11.0. The second kappa shape index (κ2) is 7.70. The van der Waals surface area contributed by atoms with Gasteiger partial charge >= 0.3 is 0 Å². The van der Waals surface area contributed by atoms with Crippen LogP contribution in [0.1, 0.15) is 31.2 Å². The fourth-order valence-electron chi connectivity index (χ4n) is 2.67. The van der Waals surface area contributed by atoms with Gasteiger partial charge in [0.25, 0.3) is 5.91 Å². The fourth-order valence-corrected chi connectivity index (χ4v) is 3.89. The smallest absolute Gasteiger partial charge is 0.266 e. The predicted molar refractivity (Wildman–Crippen MR) is 88.2 cm³/mol. The van der Waals surface area contributed by atoms with Crippen molar-refractivity contribution in [1.29, 1.82) is 0 Å². The van der Waals surface area contributed by atoms with Crippen LogP contribution in [-0.4, -0.2) is 40.8 Å². The quantitative estimate of drug-likeness (QED) is 0.614. The molecule has 1 aromatic rings. The summed E-state index contributed by atoms with van der Waals surface area (Å²) < 4.78 is 5.15. The lowest BCUT2D eigenvalue weighted by atomic mass is 10.0. The lowest BCUT2D eigenvalue weighted by Gasteiger charge is -2.32. The summed E-state index contributed by atoms with van der Waals surface area (Å²) in [5, 5.41) is 8.79. The molecule has 0 saturated carbocycles. The standard InChI is InChI=1S/C16H22N2O4S/c1-10(2)8-13(15(20)17-21)18-14(19)9-23-16(18)11-4-6-12(22-3)7-5-11/h4-7,10,13,16,21H,8-9H2,1-3H3,(H,17,20). The summed E-state index contributed by atoms with van der Waals surface area (Å²) in [5.41, 5.74) is 2.63. The SMILES string of the molecule is COc1ccc(C2SCC(=O)N2C(CC(C)C)C(=O)NO)cc1. The van der Waals surface area contributed by atoms with Gasteiger partial charge in [-0.3, -0.25) is 14.8 Å². The Morgan fingerprint density at radius 3 is 2.61 bits per heavy atom. The molecule has 2 rings (SSSR count). The zero-order chi connectivity index (χ0) is 17.0. The summed E-state index contributed by atoms with van der Waals surface area (Å²) >= 11 is 1.48. The Morgan fingerprint density at radius 2 is 2.09 bits per heavy atom. The Labute approximate surface area is 140 Å². The zero-order valence-electron chi connectivity index (χ0n) is 13.5. The Bertz CT molecular complexity index is 562. The molecule has 1 heterocycles. The molecule has 1 fully saturated rings. The van der Waals surface area contributed by atoms with E-state index in [0.29, 0.717) is 12.2 Å². The normalized spacial score (nSPS) is 19.1. The summed E-state index contributed by atoms with van der Waals surface area (Å²) in [6, 6.07) is 6.77. The number of amides is 2. The van der Waals surface area contributed by atoms with Gasteiger partial charge < -0.3 is 9.64 Å². The third kappa shape index (κ3) is 3.97. The number of carbonyl (C=O) groups excluding carboxylic acids is 2. The van der Waals surface area contributed by atoms with E-state index in [0.717, 1.165) is 11.3 Å². The van der Waals surface area contributed by atoms with E-state index in [1.807, 2.05) is 38.1 Å². The number of methoxy groups -OCH3 is 1. The summed E-state index contributed by atoms with van der Waals surface area (Å²) in [5.74, 6) is 0.635. The maximum Gasteiger partial charge on any atom is 0.266 e. The summed E-state index contributed by atoms with van der Waals surface area (Å²) in [6.45, 7) is 3.96. The van der Waals surface area contributed by atoms with Crippen LogP contribution >= 0.6 is 11.8 Å². The van der Waals surface area contributed by atoms with Crippen LogP contribution in [-0.2, 0) is 9.59 Å². The van der Waals surface area contributed by atoms with Gasteiger partial charge in [-0.1, -0.05) is 26.0 Å². The Morgan fingerprint density at radius 1 is 1.43 bits per heavy atom. The van der Waals surface area contributed by atoms with Crippen LogP contribution in [0.15, 0.2) is 24.3 Å². The highest BCUT2D eigenvalue weighted by Gasteiger charge is 2.41. The Kier molecular flexibility index (Phi) is 5.90. The average molecular weight is 338 g/mol. The maximum atomic E-state index is 12.3. The third-order valence-electron chi connectivity index (χ3n) is 3.75. The van der Waals surface area contributed by atoms with Gasteiger partial charge in [0.15, 0.2) is 0 Å². The molecule has 0 radical (unpaired) electrons. The second-order valence-corrected chi connectivity index (χ2v) is 6.93. The van der Waals surface area contributed by atoms with Crippen molar-refractivity contribution in [2.45, 2.75) is 31.7 Å². The lowest BCUT2D eigenvalue weighted by molar-refractivity contribution is -0.143. The Hall–Kier alpha value is -1.73. The van der Waals surface area contributed by atoms with E-state index >= 15 is 0 Å². The van der Waals surface area contributed by atoms with Crippen LogP contribution in [0.5, 0.6) is 5.75 Å². The number of rotatable bonds is 6. The number of thioether (sulfide) groups is 1. The molecule has 126 valence electrons. The van der Waals surface area contributed by atoms with Crippen molar-refractivity contribution in [1.82, 2.24) is 10.4 Å². The van der Waals surface area contributed by atoms with Gasteiger partial charge in [0, 0.05) is 0 Å². The molecule has 1 aromatic carbocycles. The van der Waals surface area contributed by atoms with Crippen LogP contribution in [0, 0.1) is 5.92 Å². The van der Waals surface area contributed by atoms with Gasteiger partial charge in [0.05, 0.1) is 12.9 Å². The molecular formula is C16H22N2O4S. The van der Waals surface area contributed by atoms with Crippen LogP contribution in [0.4, 0.5) is 0 Å². The number of hydrogen-bond donors (Lipinski definition) is 2. The predicted octanol–water partition coefficient (Wildman–Crippen LogP) is 2.19. The molecular weight excluding hydrogens is 316 g/mol. The number of hydrogen-bond acceptors (Lipinski definition) is 5. The molecule has 6 nitrogen and oxygen atoms in total. The highest BCUT2D eigenvalue weighted by atomic mass is 32.2. The van der Waals surface area contributed by atoms with Gasteiger partial charge in [-0.25, -0.2) is 5.48 Å². The number of benzene rings is 1. The number of nitrogens with one attached hydrogen (secondary N) is 1. The number of hydroxylamine groups is 1. The topological polar surface area (TPSA) is 78.9 Å². The van der Waals surface area contributed by atoms with Crippen molar-refractivity contribution in [3.63, 3.8) is 0 Å². The summed E-state index contributed by atoms with van der Waals surface area (Å²) in [4.78, 5) is 26.0. The summed E-state index contributed by atoms with van der Waals surface area (Å²) in [7, 11) is 1.60. The molecule has 2 amide bonds. The van der Waals surface area contributed by atoms with Gasteiger partial charge in [-0.15, -0.1) is 11.8 Å². The average Bonchev–Trinajstić information content (AvgIpc) is 2.93. The number of nitrogens with zero attached hydrogens (tertiary/aromatic N) is 1. The van der Waals surface area contributed by atoms with Crippen LogP contribution in [0.25, 0.3) is 0 Å². The minimum atomic E-state index is -0.686. The van der Waals surface area contributed by atoms with E-state index in [-0.39, 0.29) is 17.2 Å². The van der Waals surface area contributed by atoms with Crippen LogP contribution in [0.3, 0.4) is 0 Å². The second-order valence-electron chi connectivity index (χ2n) is 5.86. The molecule has 2 unspecified atom stereocenters. The van der Waals surface area contributed by atoms with E-state index in [9.17, 15) is 9.59 Å². The Balaban J connectivity index is 2.30. The van der Waals surface area contributed by atoms with E-state index in [1.54, 1.807) is 17.5 Å². The van der Waals surface area contributed by atoms with Crippen molar-refractivity contribution in [3.05, 3.63) is 29.8 Å². The molecule has 0 bridgehead atoms. The molecule has 0 aromatic heterocycles. The minimum Gasteiger partial charge on any atom is -0.497 e. The van der Waals surface area contributed by atoms with Crippen molar-refractivity contribution >= 4 is 23.6 Å². The van der Waals surface area contributed by atoms with E-state index in [2.05, 4.69) is 0 Å². The summed E-state index contributed by atoms with van der Waals surface area (Å²) in [6.07, 6.45) is 0.491. The molecule has 0 aliphatic carbocycles. The molecule has 1 saturated heterocycles. The van der Waals surface area contributed by atoms with Crippen LogP contribution in [0.2, 0.25) is 0 Å². The van der Waals surface area contributed by atoms with Crippen LogP contribution < -0.4 is 10.2 Å². The highest BCUT2D eigenvalue weighted by Crippen LogP contribution is 2.41. The fraction of sp³-hybridized carbons (Fsp3) is 0.500. The molecule has 0 spiro atoms. The van der Waals surface area contributed by atoms with Gasteiger partial charge in [-0.05, 0) is 30.0 Å². The molecule has 7 heteroatoms. The van der Waals surface area contributed by atoms with Crippen molar-refractivity contribution < 1.29 is 19.5 Å². The lowest BCUT2D eigenvalue weighted by Crippen LogP contribution is -2.48. The molecule has 2 atom stereocenters. The van der Waals surface area contributed by atoms with Crippen molar-refractivity contribution in [2.24, 2.45) is 5.92 Å². The molecule has 2 N–H and O–H groups in total. The van der Waals surface area contributed by atoms with E-state index in [4.69, 9.17) is 9.94 Å². The number of ether oxygens (including phenoxy) is 1. The minimum absolute atomic E-state index is 0.0925. The monoisotopic (exact) mass is 338 g/mol. The highest BCUT2D eigenvalue weighted by molar-refractivity contribution is 8.00. The van der Waals surface area contributed by atoms with Gasteiger partial charge in [-0.2, -0.15) is 0 Å². The maximum absolute atomic E-state index is 12.3. The number of carbonyl (C=O) groups is 2. The first-order valence-electron chi connectivity index (χ1n) is 7.48. The van der Waals surface area contributed by atoms with Gasteiger partial charge in [0.1, 0.15) is 17.2 Å². The first kappa shape index (κ1) is 17.6. The first-order valence-corrected chi connectivity index (χ1v) is 8.53. The molecule has 23 heavy (non-hydrogen) atoms. The van der Waals surface area contributed by atoms with Crippen molar-refractivity contribution in [2.75, 3.05) is 12.9 Å². The molecule has 1 aliphatic rings. The van der Waals surface area contributed by atoms with E-state index in [1.165, 1.54) is 11.8 Å². The van der Waals surface area contributed by atoms with E-state index < -0.39 is 11.9 Å². The largest absolute Gasteiger partial charge is 0.497 e. The third-order valence-corrected chi connectivity index (χ3v) is 4.98. The molecule has 1 aliphatic heterocycles. The van der Waals surface area contributed by atoms with Crippen molar-refractivity contribution in [3.8, 4) is 5.75 Å².